The van der Waals surface area contributed by atoms with Gasteiger partial charge in [0.05, 0.1) is 30.4 Å². The van der Waals surface area contributed by atoms with Crippen molar-refractivity contribution >= 4 is 22.8 Å². The van der Waals surface area contributed by atoms with Crippen molar-refractivity contribution in [3.05, 3.63) is 59.3 Å². The molecule has 38 heavy (non-hydrogen) atoms. The summed E-state index contributed by atoms with van der Waals surface area (Å²) in [6.07, 6.45) is 3.41. The Balaban J connectivity index is 1.36. The minimum atomic E-state index is -0.982. The van der Waals surface area contributed by atoms with Crippen LogP contribution in [0.3, 0.4) is 0 Å². The summed E-state index contributed by atoms with van der Waals surface area (Å²) < 4.78 is 38.8. The molecule has 3 aliphatic heterocycles. The molecule has 0 spiro atoms. The summed E-state index contributed by atoms with van der Waals surface area (Å²) >= 11 is 0. The molecule has 200 valence electrons. The number of benzene rings is 2. The molecule has 4 heterocycles. The van der Waals surface area contributed by atoms with Crippen molar-refractivity contribution in [3.63, 3.8) is 0 Å². The predicted molar refractivity (Wildman–Crippen MR) is 138 cm³/mol. The Morgan fingerprint density at radius 2 is 1.92 bits per heavy atom. The third-order valence-corrected chi connectivity index (χ3v) is 7.76. The number of nitrogens with zero attached hydrogens (tertiary/aromatic N) is 5. The lowest BCUT2D eigenvalue weighted by atomic mass is 10.0. The van der Waals surface area contributed by atoms with Crippen molar-refractivity contribution in [2.45, 2.75) is 31.9 Å². The van der Waals surface area contributed by atoms with Gasteiger partial charge in [0.2, 0.25) is 0 Å². The van der Waals surface area contributed by atoms with Crippen LogP contribution >= 0.6 is 0 Å². The van der Waals surface area contributed by atoms with Gasteiger partial charge in [-0.15, -0.1) is 0 Å². The van der Waals surface area contributed by atoms with Crippen molar-refractivity contribution in [1.82, 2.24) is 19.8 Å². The van der Waals surface area contributed by atoms with Gasteiger partial charge in [0.1, 0.15) is 17.7 Å². The van der Waals surface area contributed by atoms with Gasteiger partial charge < -0.3 is 19.3 Å². The molecule has 3 saturated heterocycles. The number of ether oxygens (including phenoxy) is 2. The molecule has 1 aromatic heterocycles. The molecule has 0 aliphatic carbocycles. The molecule has 10 heteroatoms. The maximum absolute atomic E-state index is 13.9. The molecule has 1 unspecified atom stereocenters. The molecule has 0 N–H and O–H groups in total. The van der Waals surface area contributed by atoms with Gasteiger partial charge in [0, 0.05) is 56.0 Å². The van der Waals surface area contributed by atoms with Crippen molar-refractivity contribution in [1.29, 1.82) is 0 Å². The third-order valence-electron chi connectivity index (χ3n) is 7.76. The zero-order valence-electron chi connectivity index (χ0n) is 21.4. The number of fused-ring (bicyclic) bond motifs is 2. The van der Waals surface area contributed by atoms with Crippen molar-refractivity contribution in [2.75, 3.05) is 57.4 Å². The van der Waals surface area contributed by atoms with E-state index in [0.29, 0.717) is 61.1 Å². The molecule has 3 fully saturated rings. The van der Waals surface area contributed by atoms with Gasteiger partial charge in [-0.1, -0.05) is 0 Å². The Bertz CT molecular complexity index is 1350. The van der Waals surface area contributed by atoms with E-state index in [2.05, 4.69) is 14.8 Å². The zero-order chi connectivity index (χ0) is 26.2. The molecule has 2 aromatic carbocycles. The highest BCUT2D eigenvalue weighted by molar-refractivity contribution is 5.98. The number of halogens is 2. The fraction of sp³-hybridized carbons (Fsp3) is 0.464. The van der Waals surface area contributed by atoms with Gasteiger partial charge in [-0.2, -0.15) is 0 Å². The summed E-state index contributed by atoms with van der Waals surface area (Å²) in [5.74, 6) is -1.05. The van der Waals surface area contributed by atoms with E-state index in [1.165, 1.54) is 12.5 Å². The van der Waals surface area contributed by atoms with E-state index >= 15 is 0 Å². The summed E-state index contributed by atoms with van der Waals surface area (Å²) in [4.78, 5) is 29.8. The van der Waals surface area contributed by atoms with Gasteiger partial charge >= 0.3 is 0 Å². The predicted octanol–water partition coefficient (Wildman–Crippen LogP) is 3.80. The number of amides is 1. The van der Waals surface area contributed by atoms with Crippen LogP contribution in [0.15, 0.2) is 36.5 Å². The van der Waals surface area contributed by atoms with Crippen LogP contribution in [0.25, 0.3) is 11.0 Å². The SMILES string of the molecule is CC(Oc1ccc(F)c(F)c1)c1cc(C(=O)N2CCN3CCC[C@@H]3C2)cc2ncc(N3CCOCC3)nc12. The first-order valence-electron chi connectivity index (χ1n) is 13.2. The normalized spacial score (nSPS) is 21.0. The second kappa shape index (κ2) is 10.4. The smallest absolute Gasteiger partial charge is 0.254 e. The highest BCUT2D eigenvalue weighted by Gasteiger charge is 2.33. The zero-order valence-corrected chi connectivity index (χ0v) is 21.4. The maximum atomic E-state index is 13.9. The van der Waals surface area contributed by atoms with Crippen LogP contribution in [0.2, 0.25) is 0 Å². The van der Waals surface area contributed by atoms with Gasteiger partial charge in [0.15, 0.2) is 11.6 Å². The van der Waals surface area contributed by atoms with Crippen molar-refractivity contribution < 1.29 is 23.0 Å². The summed E-state index contributed by atoms with van der Waals surface area (Å²) in [7, 11) is 0. The average molecular weight is 524 g/mol. The molecule has 0 radical (unpaired) electrons. The molecule has 0 bridgehead atoms. The first-order valence-corrected chi connectivity index (χ1v) is 13.2. The van der Waals surface area contributed by atoms with Gasteiger partial charge in [0.25, 0.3) is 5.91 Å². The van der Waals surface area contributed by atoms with Crippen LogP contribution in [0, 0.1) is 11.6 Å². The Labute approximate surface area is 220 Å². The average Bonchev–Trinajstić information content (AvgIpc) is 3.42. The van der Waals surface area contributed by atoms with E-state index in [1.54, 1.807) is 12.3 Å². The van der Waals surface area contributed by atoms with Crippen LogP contribution in [0.4, 0.5) is 14.6 Å². The lowest BCUT2D eigenvalue weighted by molar-refractivity contribution is 0.0571. The fourth-order valence-electron chi connectivity index (χ4n) is 5.69. The summed E-state index contributed by atoms with van der Waals surface area (Å²) in [5, 5.41) is 0. The largest absolute Gasteiger partial charge is 0.486 e. The van der Waals surface area contributed by atoms with Crippen LogP contribution in [0.1, 0.15) is 41.8 Å². The summed E-state index contributed by atoms with van der Waals surface area (Å²) in [6, 6.07) is 7.47. The molecule has 3 aromatic rings. The number of piperazine rings is 1. The molecule has 6 rings (SSSR count). The number of carbonyl (C=O) groups is 1. The second-order valence-electron chi connectivity index (χ2n) is 10.2. The van der Waals surface area contributed by atoms with Crippen molar-refractivity contribution in [2.24, 2.45) is 0 Å². The minimum Gasteiger partial charge on any atom is -0.486 e. The summed E-state index contributed by atoms with van der Waals surface area (Å²) in [5.41, 5.74) is 2.38. The Morgan fingerprint density at radius 3 is 2.74 bits per heavy atom. The number of hydrogen-bond donors (Lipinski definition) is 0. The number of hydrogen-bond acceptors (Lipinski definition) is 7. The van der Waals surface area contributed by atoms with E-state index in [4.69, 9.17) is 14.5 Å². The first-order chi connectivity index (χ1) is 18.5. The van der Waals surface area contributed by atoms with E-state index in [0.717, 1.165) is 44.0 Å². The van der Waals surface area contributed by atoms with E-state index in [-0.39, 0.29) is 11.7 Å². The van der Waals surface area contributed by atoms with Crippen molar-refractivity contribution in [3.8, 4) is 5.75 Å². The van der Waals surface area contributed by atoms with E-state index in [9.17, 15) is 13.6 Å². The van der Waals surface area contributed by atoms with Gasteiger partial charge in [-0.25, -0.2) is 13.8 Å². The molecule has 0 saturated carbocycles. The molecular formula is C28H31F2N5O3. The lowest BCUT2D eigenvalue weighted by Crippen LogP contribution is -2.52. The Morgan fingerprint density at radius 1 is 1.08 bits per heavy atom. The third kappa shape index (κ3) is 4.90. The summed E-state index contributed by atoms with van der Waals surface area (Å²) in [6.45, 7) is 7.85. The minimum absolute atomic E-state index is 0.0428. The van der Waals surface area contributed by atoms with E-state index < -0.39 is 17.7 Å². The molecule has 8 nitrogen and oxygen atoms in total. The second-order valence-corrected chi connectivity index (χ2v) is 10.2. The Kier molecular flexibility index (Phi) is 6.84. The molecule has 3 aliphatic rings. The van der Waals surface area contributed by atoms with E-state index in [1.807, 2.05) is 17.9 Å². The number of anilines is 1. The number of carbonyl (C=O) groups excluding carboxylic acids is 1. The molecular weight excluding hydrogens is 492 g/mol. The molecule has 2 atom stereocenters. The van der Waals surface area contributed by atoms with Crippen LogP contribution in [-0.2, 0) is 4.74 Å². The fourth-order valence-corrected chi connectivity index (χ4v) is 5.69. The first kappa shape index (κ1) is 24.9. The number of rotatable bonds is 5. The number of morpholine rings is 1. The van der Waals surface area contributed by atoms with Gasteiger partial charge in [-0.3, -0.25) is 14.7 Å². The van der Waals surface area contributed by atoms with Crippen LogP contribution in [-0.4, -0.2) is 84.2 Å². The molecule has 1 amide bonds. The quantitative estimate of drug-likeness (QED) is 0.504. The van der Waals surface area contributed by atoms with Crippen LogP contribution in [0.5, 0.6) is 5.75 Å². The maximum Gasteiger partial charge on any atom is 0.254 e. The lowest BCUT2D eigenvalue weighted by Gasteiger charge is -2.37. The highest BCUT2D eigenvalue weighted by atomic mass is 19.2. The standard InChI is InChI=1S/C28H31F2N5O3/c1-18(38-21-4-5-23(29)24(30)15-21)22-13-19(28(36)35-8-7-33-6-2-3-20(33)17-35)14-25-27(22)32-26(16-31-25)34-9-11-37-12-10-34/h4-5,13-16,18,20H,2-3,6-12,17H2,1H3/t18?,20-/m1/s1. The van der Waals surface area contributed by atoms with Crippen LogP contribution < -0.4 is 9.64 Å². The topological polar surface area (TPSA) is 71.0 Å². The Hall–Kier alpha value is -3.37. The monoisotopic (exact) mass is 523 g/mol. The number of aromatic nitrogens is 2. The highest BCUT2D eigenvalue weighted by Crippen LogP contribution is 2.31. The van der Waals surface area contributed by atoms with Gasteiger partial charge in [-0.05, 0) is 50.6 Å².